The second-order valence-electron chi connectivity index (χ2n) is 13.4. The van der Waals surface area contributed by atoms with Gasteiger partial charge in [-0.2, -0.15) is 0 Å². The summed E-state index contributed by atoms with van der Waals surface area (Å²) in [5.41, 5.74) is 1.27. The van der Waals surface area contributed by atoms with Crippen LogP contribution in [0.5, 0.6) is 0 Å². The van der Waals surface area contributed by atoms with Crippen LogP contribution in [0.4, 0.5) is 0 Å². The summed E-state index contributed by atoms with van der Waals surface area (Å²) in [5.74, 6) is 0.736. The number of aliphatic hydroxyl groups is 1. The van der Waals surface area contributed by atoms with Crippen molar-refractivity contribution in [2.45, 2.75) is 117 Å². The number of carboxylic acid groups (broad SMARTS) is 1. The van der Waals surface area contributed by atoms with Crippen LogP contribution in [0.2, 0.25) is 0 Å². The summed E-state index contributed by atoms with van der Waals surface area (Å²) in [7, 11) is 0. The first-order valence-electron chi connectivity index (χ1n) is 13.7. The quantitative estimate of drug-likeness (QED) is 0.170. The molecule has 0 aromatic carbocycles. The highest BCUT2D eigenvalue weighted by atomic mass is 17.1. The fourth-order valence-corrected chi connectivity index (χ4v) is 9.39. The van der Waals surface area contributed by atoms with Crippen LogP contribution >= 0.6 is 0 Å². The molecule has 0 spiro atoms. The lowest BCUT2D eigenvalue weighted by Crippen LogP contribution is -2.60. The van der Waals surface area contributed by atoms with Gasteiger partial charge in [-0.05, 0) is 124 Å². The average molecular weight is 491 g/mol. The Morgan fingerprint density at radius 3 is 2.26 bits per heavy atom. The molecule has 9 unspecified atom stereocenters. The molecule has 0 heterocycles. The van der Waals surface area contributed by atoms with Gasteiger partial charge in [-0.1, -0.05) is 39.5 Å². The second-order valence-corrected chi connectivity index (χ2v) is 13.4. The SMILES string of the molecule is C=C(C)C(CCC(C)(O)C1CCC2(C)C1CCC1C(C)(CCC(=O)O)C(C(=C)C)CCC12C)OO. The van der Waals surface area contributed by atoms with Crippen molar-refractivity contribution in [3.63, 3.8) is 0 Å². The fraction of sp³-hybridized carbons (Fsp3) is 0.833. The number of fused-ring (bicyclic) bond motifs is 3. The van der Waals surface area contributed by atoms with Gasteiger partial charge in [0, 0.05) is 6.42 Å². The Morgan fingerprint density at radius 2 is 1.71 bits per heavy atom. The molecule has 0 radical (unpaired) electrons. The van der Waals surface area contributed by atoms with E-state index in [-0.39, 0.29) is 28.6 Å². The van der Waals surface area contributed by atoms with Crippen molar-refractivity contribution in [1.29, 1.82) is 0 Å². The molecule has 0 saturated heterocycles. The second kappa shape index (κ2) is 9.95. The molecular weight excluding hydrogens is 440 g/mol. The van der Waals surface area contributed by atoms with Gasteiger partial charge in [-0.3, -0.25) is 10.1 Å². The van der Waals surface area contributed by atoms with Crippen LogP contribution in [0.25, 0.3) is 0 Å². The van der Waals surface area contributed by atoms with Crippen molar-refractivity contribution in [2.24, 2.45) is 39.9 Å². The Labute approximate surface area is 213 Å². The molecule has 3 N–H and O–H groups in total. The Morgan fingerprint density at radius 1 is 1.09 bits per heavy atom. The van der Waals surface area contributed by atoms with Gasteiger partial charge in [0.25, 0.3) is 0 Å². The monoisotopic (exact) mass is 490 g/mol. The summed E-state index contributed by atoms with van der Waals surface area (Å²) >= 11 is 0. The zero-order chi connectivity index (χ0) is 26.4. The van der Waals surface area contributed by atoms with Crippen LogP contribution in [-0.4, -0.2) is 33.1 Å². The van der Waals surface area contributed by atoms with Gasteiger partial charge in [0.05, 0.1) is 5.60 Å². The van der Waals surface area contributed by atoms with Crippen molar-refractivity contribution < 1.29 is 25.2 Å². The number of hydrogen-bond donors (Lipinski definition) is 3. The maximum absolute atomic E-state index is 11.7. The molecule has 0 amide bonds. The van der Waals surface area contributed by atoms with Crippen molar-refractivity contribution in [3.8, 4) is 0 Å². The van der Waals surface area contributed by atoms with E-state index in [0.717, 1.165) is 44.1 Å². The van der Waals surface area contributed by atoms with E-state index in [1.807, 2.05) is 13.8 Å². The van der Waals surface area contributed by atoms with Crippen molar-refractivity contribution in [3.05, 3.63) is 24.3 Å². The number of hydrogen-bond acceptors (Lipinski definition) is 4. The molecule has 200 valence electrons. The Bertz CT molecular complexity index is 833. The molecule has 0 aliphatic heterocycles. The van der Waals surface area contributed by atoms with Gasteiger partial charge in [0.1, 0.15) is 6.10 Å². The summed E-state index contributed by atoms with van der Waals surface area (Å²) in [5, 5.41) is 30.5. The molecule has 3 aliphatic carbocycles. The third kappa shape index (κ3) is 4.78. The molecule has 0 aromatic rings. The van der Waals surface area contributed by atoms with E-state index in [2.05, 4.69) is 45.7 Å². The van der Waals surface area contributed by atoms with Gasteiger partial charge in [0.15, 0.2) is 0 Å². The van der Waals surface area contributed by atoms with Crippen LogP contribution in [0, 0.1) is 39.9 Å². The molecule has 0 aromatic heterocycles. The first-order valence-corrected chi connectivity index (χ1v) is 13.7. The van der Waals surface area contributed by atoms with E-state index in [4.69, 9.17) is 0 Å². The minimum Gasteiger partial charge on any atom is -0.481 e. The van der Waals surface area contributed by atoms with Crippen LogP contribution in [0.3, 0.4) is 0 Å². The molecule has 3 rings (SSSR count). The third-order valence-electron chi connectivity index (χ3n) is 11.5. The molecule has 0 bridgehead atoms. The molecule has 3 aliphatic rings. The predicted octanol–water partition coefficient (Wildman–Crippen LogP) is 7.26. The Balaban J connectivity index is 1.89. The molecule has 3 fully saturated rings. The number of carbonyl (C=O) groups is 1. The largest absolute Gasteiger partial charge is 0.481 e. The maximum Gasteiger partial charge on any atom is 0.303 e. The van der Waals surface area contributed by atoms with Crippen molar-refractivity contribution in [2.75, 3.05) is 0 Å². The lowest BCUT2D eigenvalue weighted by molar-refractivity contribution is -0.271. The van der Waals surface area contributed by atoms with Gasteiger partial charge in [-0.15, -0.1) is 0 Å². The number of aliphatic carboxylic acids is 1. The smallest absolute Gasteiger partial charge is 0.303 e. The van der Waals surface area contributed by atoms with Crippen LogP contribution in [-0.2, 0) is 9.68 Å². The summed E-state index contributed by atoms with van der Waals surface area (Å²) in [6.45, 7) is 21.5. The van der Waals surface area contributed by atoms with E-state index in [9.17, 15) is 20.3 Å². The highest BCUT2D eigenvalue weighted by Crippen LogP contribution is 2.74. The van der Waals surface area contributed by atoms with E-state index in [0.29, 0.717) is 37.0 Å². The highest BCUT2D eigenvalue weighted by molar-refractivity contribution is 5.66. The molecule has 3 saturated carbocycles. The zero-order valence-corrected chi connectivity index (χ0v) is 23.0. The Kier molecular flexibility index (Phi) is 8.07. The minimum absolute atomic E-state index is 0.0705. The highest BCUT2D eigenvalue weighted by Gasteiger charge is 2.67. The molecule has 35 heavy (non-hydrogen) atoms. The molecule has 9 atom stereocenters. The van der Waals surface area contributed by atoms with Gasteiger partial charge in [-0.25, -0.2) is 4.89 Å². The number of allylic oxidation sites excluding steroid dienone is 1. The first-order chi connectivity index (χ1) is 16.1. The standard InChI is InChI=1S/C30H50O5/c1-19(2)21-11-17-29(7)25(27(21,5)15-14-26(31)32)10-9-22-23(12-16-28(22,29)6)30(8,33)18-13-24(35-34)20(3)4/h21-25,33-34H,1,3,9-18H2,2,4-8H3,(H,31,32). The third-order valence-corrected chi connectivity index (χ3v) is 11.5. The zero-order valence-electron chi connectivity index (χ0n) is 23.0. The molecule has 5 heteroatoms. The molecular formula is C30H50O5. The summed E-state index contributed by atoms with van der Waals surface area (Å²) in [6.07, 6.45) is 8.03. The predicted molar refractivity (Wildman–Crippen MR) is 140 cm³/mol. The van der Waals surface area contributed by atoms with Gasteiger partial charge < -0.3 is 10.2 Å². The number of carboxylic acids is 1. The van der Waals surface area contributed by atoms with E-state index >= 15 is 0 Å². The summed E-state index contributed by atoms with van der Waals surface area (Å²) in [6, 6.07) is 0. The maximum atomic E-state index is 11.7. The first kappa shape index (κ1) is 28.4. The van der Waals surface area contributed by atoms with Crippen molar-refractivity contribution in [1.82, 2.24) is 0 Å². The summed E-state index contributed by atoms with van der Waals surface area (Å²) in [4.78, 5) is 16.2. The van der Waals surface area contributed by atoms with Crippen LogP contribution in [0.15, 0.2) is 24.3 Å². The fourth-order valence-electron chi connectivity index (χ4n) is 9.39. The topological polar surface area (TPSA) is 87.0 Å². The van der Waals surface area contributed by atoms with Gasteiger partial charge in [0.2, 0.25) is 0 Å². The van der Waals surface area contributed by atoms with Crippen molar-refractivity contribution >= 4 is 5.97 Å². The van der Waals surface area contributed by atoms with Crippen LogP contribution < -0.4 is 0 Å². The number of rotatable bonds is 10. The summed E-state index contributed by atoms with van der Waals surface area (Å²) < 4.78 is 0. The van der Waals surface area contributed by atoms with E-state index < -0.39 is 17.7 Å². The van der Waals surface area contributed by atoms with Gasteiger partial charge >= 0.3 is 5.97 Å². The van der Waals surface area contributed by atoms with E-state index in [1.54, 1.807) is 0 Å². The lowest BCUT2D eigenvalue weighted by atomic mass is 9.38. The lowest BCUT2D eigenvalue weighted by Gasteiger charge is -2.66. The normalized spacial score (nSPS) is 41.4. The average Bonchev–Trinajstić information content (AvgIpc) is 3.12. The Hall–Kier alpha value is -1.17. The van der Waals surface area contributed by atoms with Crippen LogP contribution in [0.1, 0.15) is 106 Å². The molecule has 5 nitrogen and oxygen atoms in total. The van der Waals surface area contributed by atoms with E-state index in [1.165, 1.54) is 5.57 Å². The minimum atomic E-state index is -0.834.